The Balaban J connectivity index is 1.72. The van der Waals surface area contributed by atoms with Crippen molar-refractivity contribution in [2.24, 2.45) is 17.6 Å². The lowest BCUT2D eigenvalue weighted by Gasteiger charge is -2.35. The van der Waals surface area contributed by atoms with Crippen LogP contribution < -0.4 is 11.1 Å². The molecule has 0 radical (unpaired) electrons. The second-order valence-electron chi connectivity index (χ2n) is 7.88. The van der Waals surface area contributed by atoms with Crippen molar-refractivity contribution in [1.82, 2.24) is 15.1 Å². The van der Waals surface area contributed by atoms with Crippen LogP contribution in [0.4, 0.5) is 4.79 Å². The topological polar surface area (TPSA) is 95.7 Å². The van der Waals surface area contributed by atoms with Gasteiger partial charge >= 0.3 is 6.03 Å². The fraction of sp³-hybridized carbons (Fsp3) is 0.611. The number of fused-ring (bicyclic) bond motifs is 2. The van der Waals surface area contributed by atoms with E-state index in [-0.39, 0.29) is 29.7 Å². The SMILES string of the molecule is CC(C)C[C@H](NC(N)=O)C(=O)N1CC2CC(C1)N(C(=O)c1csc(Br)c1Br)C2. The standard InChI is InChI=1S/C18H24Br2N4O3S/c1-9(2)3-13(22-18(21)27)17(26)23-5-10-4-11(7-23)24(6-10)16(25)12-8-28-15(20)14(12)19/h8-11,13H,3-7H2,1-2H3,(H3,21,22,27)/t10?,11?,13-/m0/s1. The molecule has 2 aliphatic heterocycles. The van der Waals surface area contributed by atoms with Gasteiger partial charge < -0.3 is 20.9 Å². The third-order valence-electron chi connectivity index (χ3n) is 5.22. The number of carbonyl (C=O) groups excluding carboxylic acids is 3. The third kappa shape index (κ3) is 4.54. The lowest BCUT2D eigenvalue weighted by molar-refractivity contribution is -0.135. The molecule has 28 heavy (non-hydrogen) atoms. The summed E-state index contributed by atoms with van der Waals surface area (Å²) in [5, 5.41) is 4.43. The van der Waals surface area contributed by atoms with Crippen LogP contribution in [0.2, 0.25) is 0 Å². The smallest absolute Gasteiger partial charge is 0.312 e. The molecule has 3 heterocycles. The van der Waals surface area contributed by atoms with Crippen LogP contribution in [0.5, 0.6) is 0 Å². The maximum absolute atomic E-state index is 13.0. The summed E-state index contributed by atoms with van der Waals surface area (Å²) in [6.45, 7) is 5.73. The highest BCUT2D eigenvalue weighted by Gasteiger charge is 2.44. The highest BCUT2D eigenvalue weighted by molar-refractivity contribution is 9.13. The van der Waals surface area contributed by atoms with E-state index in [1.54, 1.807) is 4.90 Å². The number of piperidine rings is 1. The summed E-state index contributed by atoms with van der Waals surface area (Å²) in [6.07, 6.45) is 1.43. The van der Waals surface area contributed by atoms with Crippen molar-refractivity contribution in [2.75, 3.05) is 19.6 Å². The number of halogens is 2. The number of nitrogens with one attached hydrogen (secondary N) is 1. The van der Waals surface area contributed by atoms with Crippen molar-refractivity contribution >= 4 is 61.0 Å². The van der Waals surface area contributed by atoms with E-state index < -0.39 is 12.1 Å². The minimum atomic E-state index is -0.691. The van der Waals surface area contributed by atoms with Crippen molar-refractivity contribution in [2.45, 2.75) is 38.8 Å². The van der Waals surface area contributed by atoms with Crippen molar-refractivity contribution in [3.63, 3.8) is 0 Å². The first kappa shape index (κ1) is 21.6. The van der Waals surface area contributed by atoms with Crippen LogP contribution in [-0.4, -0.2) is 59.4 Å². The molecule has 0 spiro atoms. The number of hydrogen-bond donors (Lipinski definition) is 2. The highest BCUT2D eigenvalue weighted by atomic mass is 79.9. The van der Waals surface area contributed by atoms with Crippen LogP contribution in [0, 0.1) is 11.8 Å². The minimum absolute atomic E-state index is 0.00551. The van der Waals surface area contributed by atoms with Crippen LogP contribution in [-0.2, 0) is 4.79 Å². The Hall–Kier alpha value is -1.13. The van der Waals surface area contributed by atoms with Gasteiger partial charge in [-0.05, 0) is 56.5 Å². The van der Waals surface area contributed by atoms with Crippen LogP contribution in [0.15, 0.2) is 13.6 Å². The maximum Gasteiger partial charge on any atom is 0.312 e. The molecule has 2 unspecified atom stereocenters. The van der Waals surface area contributed by atoms with Crippen LogP contribution >= 0.6 is 43.2 Å². The molecule has 1 aromatic rings. The number of rotatable bonds is 5. The molecule has 3 N–H and O–H groups in total. The van der Waals surface area contributed by atoms with Gasteiger partial charge in [0.2, 0.25) is 5.91 Å². The van der Waals surface area contributed by atoms with Gasteiger partial charge in [0.05, 0.1) is 19.9 Å². The third-order valence-corrected chi connectivity index (χ3v) is 8.56. The maximum atomic E-state index is 13.0. The van der Waals surface area contributed by atoms with Crippen LogP contribution in [0.3, 0.4) is 0 Å². The largest absolute Gasteiger partial charge is 0.352 e. The van der Waals surface area contributed by atoms with Gasteiger partial charge in [0.15, 0.2) is 0 Å². The van der Waals surface area contributed by atoms with E-state index in [9.17, 15) is 14.4 Å². The fourth-order valence-corrected chi connectivity index (χ4v) is 5.96. The lowest BCUT2D eigenvalue weighted by Crippen LogP contribution is -2.54. The zero-order valence-corrected chi connectivity index (χ0v) is 19.8. The molecule has 154 valence electrons. The number of amides is 4. The molecule has 3 rings (SSSR count). The van der Waals surface area contributed by atoms with Gasteiger partial charge in [-0.25, -0.2) is 4.79 Å². The number of primary amides is 1. The molecule has 4 amide bonds. The molecule has 0 aliphatic carbocycles. The number of carbonyl (C=O) groups is 3. The highest BCUT2D eigenvalue weighted by Crippen LogP contribution is 2.37. The number of hydrogen-bond acceptors (Lipinski definition) is 4. The number of nitrogens with zero attached hydrogens (tertiary/aromatic N) is 2. The molecule has 7 nitrogen and oxygen atoms in total. The van der Waals surface area contributed by atoms with Gasteiger partial charge in [-0.3, -0.25) is 9.59 Å². The van der Waals surface area contributed by atoms with Crippen LogP contribution in [0.25, 0.3) is 0 Å². The monoisotopic (exact) mass is 534 g/mol. The van der Waals surface area contributed by atoms with Crippen molar-refractivity contribution in [3.8, 4) is 0 Å². The molecule has 0 saturated carbocycles. The van der Waals surface area contributed by atoms with Gasteiger partial charge in [-0.2, -0.15) is 0 Å². The summed E-state index contributed by atoms with van der Waals surface area (Å²) < 4.78 is 1.67. The van der Waals surface area contributed by atoms with E-state index in [2.05, 4.69) is 37.2 Å². The Bertz CT molecular complexity index is 785. The molecule has 2 saturated heterocycles. The first-order chi connectivity index (χ1) is 13.2. The average Bonchev–Trinajstić information content (AvgIpc) is 3.11. The molecule has 2 fully saturated rings. The molecule has 1 aromatic heterocycles. The lowest BCUT2D eigenvalue weighted by atomic mass is 9.97. The normalized spacial score (nSPS) is 22.5. The second kappa shape index (κ2) is 8.71. The van der Waals surface area contributed by atoms with Crippen molar-refractivity contribution in [3.05, 3.63) is 19.2 Å². The first-order valence-corrected chi connectivity index (χ1v) is 11.7. The number of thiophene rings is 1. The Kier molecular flexibility index (Phi) is 6.71. The molecule has 3 atom stereocenters. The van der Waals surface area contributed by atoms with E-state index in [1.165, 1.54) is 11.3 Å². The molecule has 10 heteroatoms. The van der Waals surface area contributed by atoms with Crippen molar-refractivity contribution < 1.29 is 14.4 Å². The Morgan fingerprint density at radius 2 is 2.00 bits per heavy atom. The van der Waals surface area contributed by atoms with Gasteiger partial charge in [-0.1, -0.05) is 13.8 Å². The quantitative estimate of drug-likeness (QED) is 0.606. The zero-order valence-electron chi connectivity index (χ0n) is 15.8. The Labute approximate surface area is 185 Å². The second-order valence-corrected chi connectivity index (χ2v) is 10.9. The summed E-state index contributed by atoms with van der Waals surface area (Å²) in [5.74, 6) is 0.371. The predicted octanol–water partition coefficient (Wildman–Crippen LogP) is 3.03. The average molecular weight is 536 g/mol. The molecular formula is C18H24Br2N4O3S. The Morgan fingerprint density at radius 3 is 2.57 bits per heavy atom. The number of nitrogens with two attached hydrogens (primary N) is 1. The summed E-state index contributed by atoms with van der Waals surface area (Å²) in [4.78, 5) is 41.1. The predicted molar refractivity (Wildman–Crippen MR) is 115 cm³/mol. The summed E-state index contributed by atoms with van der Waals surface area (Å²) >= 11 is 8.38. The van der Waals surface area contributed by atoms with E-state index in [0.29, 0.717) is 31.6 Å². The molecule has 2 aliphatic rings. The van der Waals surface area contributed by atoms with E-state index in [1.807, 2.05) is 24.1 Å². The Morgan fingerprint density at radius 1 is 1.29 bits per heavy atom. The van der Waals surface area contributed by atoms with E-state index >= 15 is 0 Å². The molecular weight excluding hydrogens is 512 g/mol. The van der Waals surface area contributed by atoms with Gasteiger partial charge in [0.1, 0.15) is 6.04 Å². The molecule has 0 aromatic carbocycles. The zero-order chi connectivity index (χ0) is 20.6. The minimum Gasteiger partial charge on any atom is -0.352 e. The van der Waals surface area contributed by atoms with E-state index in [0.717, 1.165) is 14.7 Å². The van der Waals surface area contributed by atoms with Gasteiger partial charge in [0.25, 0.3) is 5.91 Å². The number of likely N-dealkylation sites (tertiary alicyclic amines) is 2. The fourth-order valence-electron chi connectivity index (χ4n) is 4.09. The van der Waals surface area contributed by atoms with Crippen LogP contribution in [0.1, 0.15) is 37.0 Å². The summed E-state index contributed by atoms with van der Waals surface area (Å²) in [6, 6.07) is -1.32. The van der Waals surface area contributed by atoms with Gasteiger partial charge in [-0.15, -0.1) is 11.3 Å². The first-order valence-electron chi connectivity index (χ1n) is 9.25. The van der Waals surface area contributed by atoms with E-state index in [4.69, 9.17) is 5.73 Å². The molecule has 2 bridgehead atoms. The number of urea groups is 1. The summed E-state index contributed by atoms with van der Waals surface area (Å²) in [7, 11) is 0. The van der Waals surface area contributed by atoms with Gasteiger partial charge in [0, 0.05) is 25.0 Å². The summed E-state index contributed by atoms with van der Waals surface area (Å²) in [5.41, 5.74) is 5.91. The van der Waals surface area contributed by atoms with Crippen molar-refractivity contribution in [1.29, 1.82) is 0 Å².